The molecule has 1 aromatic heterocycles. The summed E-state index contributed by atoms with van der Waals surface area (Å²) in [5.74, 6) is -0.811. The summed E-state index contributed by atoms with van der Waals surface area (Å²) in [5.41, 5.74) is 2.00. The highest BCUT2D eigenvalue weighted by molar-refractivity contribution is 7.92. The SMILES string of the molecule is Cc1c(Cl)cccc1N(CC(=O)NCc1ccc(N2CC(N=O)CC2=O)cn1)S(=O)(=O)c1ccc(C#N)cc1. The number of nitriles is 1. The molecular weight excluding hydrogens is 544 g/mol. The predicted octanol–water partition coefficient (Wildman–Crippen LogP) is 3.30. The van der Waals surface area contributed by atoms with Gasteiger partial charge in [-0.25, -0.2) is 8.42 Å². The normalized spacial score (nSPS) is 15.1. The molecule has 1 saturated heterocycles. The van der Waals surface area contributed by atoms with Crippen molar-refractivity contribution in [2.45, 2.75) is 30.8 Å². The Labute approximate surface area is 230 Å². The van der Waals surface area contributed by atoms with Crippen molar-refractivity contribution < 1.29 is 18.0 Å². The van der Waals surface area contributed by atoms with Gasteiger partial charge in [-0.1, -0.05) is 22.8 Å². The van der Waals surface area contributed by atoms with Crippen LogP contribution in [-0.2, 0) is 26.2 Å². The molecule has 2 amide bonds. The molecule has 1 fully saturated rings. The van der Waals surface area contributed by atoms with E-state index in [1.807, 2.05) is 6.07 Å². The molecule has 2 aromatic carbocycles. The highest BCUT2D eigenvalue weighted by Gasteiger charge is 2.32. The van der Waals surface area contributed by atoms with Gasteiger partial charge >= 0.3 is 0 Å². The summed E-state index contributed by atoms with van der Waals surface area (Å²) in [6.45, 7) is 1.31. The summed E-state index contributed by atoms with van der Waals surface area (Å²) in [6.07, 6.45) is 1.51. The Morgan fingerprint density at radius 2 is 1.97 bits per heavy atom. The van der Waals surface area contributed by atoms with Crippen LogP contribution in [0.25, 0.3) is 0 Å². The van der Waals surface area contributed by atoms with Gasteiger partial charge in [0.2, 0.25) is 11.8 Å². The Kier molecular flexibility index (Phi) is 8.23. The van der Waals surface area contributed by atoms with Crippen molar-refractivity contribution >= 4 is 44.8 Å². The molecule has 1 aliphatic heterocycles. The highest BCUT2D eigenvalue weighted by atomic mass is 35.5. The molecule has 0 aliphatic carbocycles. The van der Waals surface area contributed by atoms with Gasteiger partial charge in [-0.15, -0.1) is 0 Å². The summed E-state index contributed by atoms with van der Waals surface area (Å²) in [5, 5.41) is 15.0. The zero-order valence-corrected chi connectivity index (χ0v) is 22.3. The largest absolute Gasteiger partial charge is 0.349 e. The van der Waals surface area contributed by atoms with Crippen molar-refractivity contribution in [3.8, 4) is 6.07 Å². The van der Waals surface area contributed by atoms with Crippen LogP contribution in [0.1, 0.15) is 23.2 Å². The van der Waals surface area contributed by atoms with Gasteiger partial charge in [0.1, 0.15) is 12.6 Å². The van der Waals surface area contributed by atoms with E-state index >= 15 is 0 Å². The summed E-state index contributed by atoms with van der Waals surface area (Å²) in [4.78, 5) is 41.4. The minimum absolute atomic E-state index is 0.00482. The minimum atomic E-state index is -4.20. The topological polar surface area (TPSA) is 153 Å². The third-order valence-corrected chi connectivity index (χ3v) is 8.39. The van der Waals surface area contributed by atoms with Gasteiger partial charge in [-0.2, -0.15) is 10.2 Å². The molecule has 0 spiro atoms. The van der Waals surface area contributed by atoms with Crippen LogP contribution in [0.15, 0.2) is 70.9 Å². The Morgan fingerprint density at radius 1 is 1.23 bits per heavy atom. The summed E-state index contributed by atoms with van der Waals surface area (Å²) in [7, 11) is -4.20. The lowest BCUT2D eigenvalue weighted by Gasteiger charge is -2.26. The number of carbonyl (C=O) groups is 2. The Hall–Kier alpha value is -4.34. The van der Waals surface area contributed by atoms with Crippen molar-refractivity contribution in [3.63, 3.8) is 0 Å². The van der Waals surface area contributed by atoms with E-state index < -0.39 is 28.5 Å². The first kappa shape index (κ1) is 27.7. The number of carbonyl (C=O) groups excluding carboxylic acids is 2. The maximum Gasteiger partial charge on any atom is 0.264 e. The van der Waals surface area contributed by atoms with Crippen molar-refractivity contribution in [3.05, 3.63) is 87.5 Å². The van der Waals surface area contributed by atoms with Gasteiger partial charge in [0.25, 0.3) is 10.0 Å². The predicted molar refractivity (Wildman–Crippen MR) is 145 cm³/mol. The number of halogens is 1. The van der Waals surface area contributed by atoms with Crippen LogP contribution < -0.4 is 14.5 Å². The van der Waals surface area contributed by atoms with E-state index in [2.05, 4.69) is 15.5 Å². The number of benzene rings is 2. The molecule has 2 heterocycles. The lowest BCUT2D eigenvalue weighted by molar-refractivity contribution is -0.120. The number of hydrogen-bond donors (Lipinski definition) is 1. The average Bonchev–Trinajstić information content (AvgIpc) is 3.33. The minimum Gasteiger partial charge on any atom is -0.349 e. The van der Waals surface area contributed by atoms with E-state index in [1.165, 1.54) is 35.4 Å². The van der Waals surface area contributed by atoms with Crippen LogP contribution in [0.5, 0.6) is 0 Å². The van der Waals surface area contributed by atoms with Crippen molar-refractivity contribution in [2.75, 3.05) is 22.3 Å². The van der Waals surface area contributed by atoms with Crippen LogP contribution >= 0.6 is 11.6 Å². The summed E-state index contributed by atoms with van der Waals surface area (Å²) >= 11 is 6.24. The van der Waals surface area contributed by atoms with Crippen LogP contribution in [0, 0.1) is 23.2 Å². The summed E-state index contributed by atoms with van der Waals surface area (Å²) in [6, 6.07) is 14.8. The second-order valence-electron chi connectivity index (χ2n) is 8.78. The molecule has 1 unspecified atom stereocenters. The number of rotatable bonds is 9. The fourth-order valence-electron chi connectivity index (χ4n) is 4.06. The number of nitrogens with zero attached hydrogens (tertiary/aromatic N) is 5. The molecule has 0 bridgehead atoms. The molecule has 39 heavy (non-hydrogen) atoms. The first-order valence-corrected chi connectivity index (χ1v) is 13.6. The molecule has 4 rings (SSSR count). The Balaban J connectivity index is 1.51. The maximum atomic E-state index is 13.6. The van der Waals surface area contributed by atoms with Crippen LogP contribution in [0.2, 0.25) is 5.02 Å². The van der Waals surface area contributed by atoms with Crippen LogP contribution in [-0.4, -0.2) is 44.3 Å². The van der Waals surface area contributed by atoms with Gasteiger partial charge in [0, 0.05) is 5.02 Å². The van der Waals surface area contributed by atoms with Crippen molar-refractivity contribution in [1.29, 1.82) is 5.26 Å². The standard InChI is InChI=1S/C26H23ClN6O5S/c1-17-23(27)3-2-4-24(17)33(39(37,38)22-9-5-18(12-28)6-10-22)16-25(34)30-13-19-7-8-21(14-29-19)32-15-20(31-36)11-26(32)35/h2-10,14,20H,11,13,15-16H2,1H3,(H,30,34). The molecule has 0 saturated carbocycles. The van der Waals surface area contributed by atoms with Crippen molar-refractivity contribution in [2.24, 2.45) is 5.18 Å². The molecule has 0 radical (unpaired) electrons. The molecule has 1 N–H and O–H groups in total. The lowest BCUT2D eigenvalue weighted by Crippen LogP contribution is -2.41. The second-order valence-corrected chi connectivity index (χ2v) is 11.1. The van der Waals surface area contributed by atoms with Crippen LogP contribution in [0.3, 0.4) is 0 Å². The second kappa shape index (κ2) is 11.6. The smallest absolute Gasteiger partial charge is 0.264 e. The monoisotopic (exact) mass is 566 g/mol. The van der Waals surface area contributed by atoms with E-state index in [0.29, 0.717) is 27.5 Å². The van der Waals surface area contributed by atoms with Crippen LogP contribution in [0.4, 0.5) is 11.4 Å². The number of sulfonamides is 1. The van der Waals surface area contributed by atoms with Gasteiger partial charge in [-0.3, -0.25) is 18.9 Å². The number of nitroso groups, excluding NO2 is 1. The number of pyridine rings is 1. The van der Waals surface area contributed by atoms with Crippen molar-refractivity contribution in [1.82, 2.24) is 10.3 Å². The lowest BCUT2D eigenvalue weighted by atomic mass is 10.2. The molecule has 3 aromatic rings. The zero-order valence-electron chi connectivity index (χ0n) is 20.7. The van der Waals surface area contributed by atoms with Gasteiger partial charge < -0.3 is 10.2 Å². The van der Waals surface area contributed by atoms with E-state index in [1.54, 1.807) is 37.3 Å². The number of nitrogens with one attached hydrogen (secondary N) is 1. The molecular formula is C26H23ClN6O5S. The Bertz CT molecular complexity index is 1560. The molecule has 200 valence electrons. The van der Waals surface area contributed by atoms with E-state index in [-0.39, 0.29) is 36.0 Å². The first-order valence-electron chi connectivity index (χ1n) is 11.8. The zero-order chi connectivity index (χ0) is 28.2. The number of aromatic nitrogens is 1. The van der Waals surface area contributed by atoms with Gasteiger partial charge in [0.15, 0.2) is 0 Å². The molecule has 1 aliphatic rings. The third-order valence-electron chi connectivity index (χ3n) is 6.21. The molecule has 1 atom stereocenters. The van der Waals surface area contributed by atoms with Gasteiger partial charge in [-0.05, 0) is 61.0 Å². The molecule has 11 nitrogen and oxygen atoms in total. The summed E-state index contributed by atoms with van der Waals surface area (Å²) < 4.78 is 28.1. The van der Waals surface area contributed by atoms with Gasteiger partial charge in [0.05, 0.1) is 59.3 Å². The first-order chi connectivity index (χ1) is 18.6. The van der Waals surface area contributed by atoms with E-state index in [4.69, 9.17) is 16.9 Å². The Morgan fingerprint density at radius 3 is 2.59 bits per heavy atom. The fraction of sp³-hybridized carbons (Fsp3) is 0.231. The van der Waals surface area contributed by atoms with E-state index in [0.717, 1.165) is 4.31 Å². The third kappa shape index (κ3) is 6.05. The number of anilines is 2. The maximum absolute atomic E-state index is 13.6. The number of hydrogen-bond acceptors (Lipinski definition) is 8. The van der Waals surface area contributed by atoms with E-state index in [9.17, 15) is 22.9 Å². The highest BCUT2D eigenvalue weighted by Crippen LogP contribution is 2.31. The quantitative estimate of drug-likeness (QED) is 0.390. The average molecular weight is 567 g/mol. The fourth-order valence-corrected chi connectivity index (χ4v) is 5.71. The number of amides is 2. The molecule has 13 heteroatoms.